The Kier molecular flexibility index (Phi) is 7.52. The van der Waals surface area contributed by atoms with Gasteiger partial charge in [0.1, 0.15) is 0 Å². The highest BCUT2D eigenvalue weighted by Gasteiger charge is 2.17. The van der Waals surface area contributed by atoms with Gasteiger partial charge in [-0.15, -0.1) is 0 Å². The number of carboxylic acid groups (broad SMARTS) is 1. The fourth-order valence-electron chi connectivity index (χ4n) is 1.60. The van der Waals surface area contributed by atoms with E-state index in [-0.39, 0.29) is 10.6 Å². The maximum atomic E-state index is 10.3. The van der Waals surface area contributed by atoms with E-state index in [9.17, 15) is 4.79 Å². The monoisotopic (exact) mass is 353 g/mol. The first-order valence-electron chi connectivity index (χ1n) is 6.36. The van der Waals surface area contributed by atoms with Gasteiger partial charge in [0.05, 0.1) is 6.07 Å². The largest absolute Gasteiger partial charge is 0.479 e. The SMILES string of the molecule is N#CC(O)c1ccccc1Cl.O=C(O)[C@H](O)c1ccccc1Cl. The van der Waals surface area contributed by atoms with Crippen molar-refractivity contribution in [2.75, 3.05) is 0 Å². The van der Waals surface area contributed by atoms with Crippen LogP contribution in [0.25, 0.3) is 0 Å². The second-order valence-electron chi connectivity index (χ2n) is 4.32. The van der Waals surface area contributed by atoms with E-state index in [1.54, 1.807) is 42.5 Å². The minimum absolute atomic E-state index is 0.215. The molecule has 0 fully saturated rings. The van der Waals surface area contributed by atoms with Crippen molar-refractivity contribution in [3.05, 3.63) is 69.7 Å². The number of rotatable bonds is 3. The van der Waals surface area contributed by atoms with Crippen molar-refractivity contribution in [2.45, 2.75) is 12.2 Å². The molecule has 0 saturated carbocycles. The minimum atomic E-state index is -1.54. The lowest BCUT2D eigenvalue weighted by Crippen LogP contribution is -2.10. The van der Waals surface area contributed by atoms with E-state index in [2.05, 4.69) is 0 Å². The zero-order valence-corrected chi connectivity index (χ0v) is 13.2. The third-order valence-electron chi connectivity index (χ3n) is 2.76. The van der Waals surface area contributed by atoms with E-state index in [1.807, 2.05) is 0 Å². The first-order valence-corrected chi connectivity index (χ1v) is 7.11. The molecule has 1 unspecified atom stereocenters. The summed E-state index contributed by atoms with van der Waals surface area (Å²) >= 11 is 11.3. The van der Waals surface area contributed by atoms with Crippen LogP contribution in [0.3, 0.4) is 0 Å². The van der Waals surface area contributed by atoms with Gasteiger partial charge >= 0.3 is 5.97 Å². The van der Waals surface area contributed by atoms with E-state index < -0.39 is 18.2 Å². The van der Waals surface area contributed by atoms with Gasteiger partial charge in [0.2, 0.25) is 0 Å². The van der Waals surface area contributed by atoms with Gasteiger partial charge in [0.25, 0.3) is 0 Å². The molecule has 5 nitrogen and oxygen atoms in total. The Balaban J connectivity index is 0.000000231. The summed E-state index contributed by atoms with van der Waals surface area (Å²) < 4.78 is 0. The summed E-state index contributed by atoms with van der Waals surface area (Å²) in [6.45, 7) is 0. The van der Waals surface area contributed by atoms with Crippen LogP contribution in [0.4, 0.5) is 0 Å². The summed E-state index contributed by atoms with van der Waals surface area (Å²) in [5.74, 6) is -1.30. The molecular formula is C16H13Cl2NO4. The van der Waals surface area contributed by atoms with E-state index in [0.717, 1.165) is 0 Å². The number of aliphatic carboxylic acids is 1. The van der Waals surface area contributed by atoms with Crippen LogP contribution in [0.1, 0.15) is 23.3 Å². The summed E-state index contributed by atoms with van der Waals surface area (Å²) in [6.07, 6.45) is -2.66. The molecule has 0 aliphatic heterocycles. The highest BCUT2D eigenvalue weighted by atomic mass is 35.5. The number of benzene rings is 2. The molecule has 0 aromatic heterocycles. The topological polar surface area (TPSA) is 102 Å². The third kappa shape index (κ3) is 5.55. The van der Waals surface area contributed by atoms with Gasteiger partial charge in [-0.25, -0.2) is 4.79 Å². The van der Waals surface area contributed by atoms with E-state index in [0.29, 0.717) is 10.6 Å². The number of aliphatic hydroxyl groups excluding tert-OH is 2. The number of carbonyl (C=O) groups is 1. The number of halogens is 2. The Bertz CT molecular complexity index is 715. The van der Waals surface area contributed by atoms with Crippen LogP contribution in [0.2, 0.25) is 10.0 Å². The maximum absolute atomic E-state index is 10.3. The highest BCUT2D eigenvalue weighted by Crippen LogP contribution is 2.22. The molecule has 2 atom stereocenters. The van der Waals surface area contributed by atoms with Crippen molar-refractivity contribution in [3.63, 3.8) is 0 Å². The fraction of sp³-hybridized carbons (Fsp3) is 0.125. The van der Waals surface area contributed by atoms with Crippen LogP contribution in [-0.4, -0.2) is 21.3 Å². The quantitative estimate of drug-likeness (QED) is 0.734. The summed E-state index contributed by atoms with van der Waals surface area (Å²) in [7, 11) is 0. The summed E-state index contributed by atoms with van der Waals surface area (Å²) in [4.78, 5) is 10.3. The molecule has 23 heavy (non-hydrogen) atoms. The van der Waals surface area contributed by atoms with Crippen LogP contribution < -0.4 is 0 Å². The van der Waals surface area contributed by atoms with E-state index in [4.69, 9.17) is 43.8 Å². The number of hydrogen-bond acceptors (Lipinski definition) is 4. The molecule has 0 saturated heterocycles. The molecule has 2 rings (SSSR count). The summed E-state index contributed by atoms with van der Waals surface area (Å²) in [5, 5.41) is 35.6. The average molecular weight is 354 g/mol. The first-order chi connectivity index (χ1) is 10.9. The predicted molar refractivity (Wildman–Crippen MR) is 86.1 cm³/mol. The molecule has 0 bridgehead atoms. The Hall–Kier alpha value is -2.10. The average Bonchev–Trinajstić information content (AvgIpc) is 2.55. The first kappa shape index (κ1) is 18.9. The molecular weight excluding hydrogens is 341 g/mol. The van der Waals surface area contributed by atoms with Gasteiger partial charge < -0.3 is 15.3 Å². The van der Waals surface area contributed by atoms with Crippen LogP contribution in [-0.2, 0) is 4.79 Å². The molecule has 0 spiro atoms. The van der Waals surface area contributed by atoms with Crippen LogP contribution >= 0.6 is 23.2 Å². The number of carboxylic acids is 1. The van der Waals surface area contributed by atoms with Gasteiger partial charge in [-0.1, -0.05) is 59.6 Å². The molecule has 2 aromatic rings. The Morgan fingerprint density at radius 1 is 0.957 bits per heavy atom. The number of nitriles is 1. The second-order valence-corrected chi connectivity index (χ2v) is 5.13. The van der Waals surface area contributed by atoms with Crippen LogP contribution in [0.5, 0.6) is 0 Å². The van der Waals surface area contributed by atoms with Gasteiger partial charge in [-0.3, -0.25) is 0 Å². The Labute approximate surface area is 142 Å². The van der Waals surface area contributed by atoms with Crippen molar-refractivity contribution >= 4 is 29.2 Å². The second kappa shape index (κ2) is 9.13. The molecule has 0 aliphatic rings. The van der Waals surface area contributed by atoms with Crippen LogP contribution in [0, 0.1) is 11.3 Å². The Morgan fingerprint density at radius 3 is 1.78 bits per heavy atom. The van der Waals surface area contributed by atoms with Gasteiger partial charge in [-0.05, 0) is 12.1 Å². The lowest BCUT2D eigenvalue weighted by molar-refractivity contribution is -0.146. The van der Waals surface area contributed by atoms with E-state index in [1.165, 1.54) is 12.1 Å². The highest BCUT2D eigenvalue weighted by molar-refractivity contribution is 6.31. The van der Waals surface area contributed by atoms with Crippen molar-refractivity contribution < 1.29 is 20.1 Å². The van der Waals surface area contributed by atoms with Gasteiger partial charge in [0, 0.05) is 21.2 Å². The number of nitrogens with zero attached hydrogens (tertiary/aromatic N) is 1. The molecule has 0 aliphatic carbocycles. The van der Waals surface area contributed by atoms with E-state index >= 15 is 0 Å². The molecule has 2 aromatic carbocycles. The third-order valence-corrected chi connectivity index (χ3v) is 3.44. The minimum Gasteiger partial charge on any atom is -0.479 e. The molecule has 3 N–H and O–H groups in total. The number of aliphatic hydroxyl groups is 2. The van der Waals surface area contributed by atoms with Crippen molar-refractivity contribution in [1.82, 2.24) is 0 Å². The molecule has 0 radical (unpaired) electrons. The van der Waals surface area contributed by atoms with Crippen molar-refractivity contribution in [2.24, 2.45) is 0 Å². The van der Waals surface area contributed by atoms with Gasteiger partial charge in [0.15, 0.2) is 12.2 Å². The fourth-order valence-corrected chi connectivity index (χ4v) is 2.07. The Morgan fingerprint density at radius 2 is 1.39 bits per heavy atom. The lowest BCUT2D eigenvalue weighted by atomic mass is 10.1. The number of hydrogen-bond donors (Lipinski definition) is 3. The summed E-state index contributed by atoms with van der Waals surface area (Å²) in [5.41, 5.74) is 0.670. The molecule has 120 valence electrons. The maximum Gasteiger partial charge on any atom is 0.337 e. The smallest absolute Gasteiger partial charge is 0.337 e. The lowest BCUT2D eigenvalue weighted by Gasteiger charge is -2.06. The molecule has 0 amide bonds. The molecule has 0 heterocycles. The van der Waals surface area contributed by atoms with Gasteiger partial charge in [-0.2, -0.15) is 5.26 Å². The zero-order valence-electron chi connectivity index (χ0n) is 11.7. The normalized spacial score (nSPS) is 12.3. The zero-order chi connectivity index (χ0) is 17.4. The predicted octanol–water partition coefficient (Wildman–Crippen LogP) is 3.35. The van der Waals surface area contributed by atoms with Crippen molar-refractivity contribution in [1.29, 1.82) is 5.26 Å². The summed E-state index contributed by atoms with van der Waals surface area (Å²) in [6, 6.07) is 14.7. The standard InChI is InChI=1S/C8H6ClNO.C8H7ClO3/c9-7-4-2-1-3-6(7)8(11)5-10;9-6-4-2-1-3-5(6)7(10)8(11)12/h1-4,8,11H;1-4,7,10H,(H,11,12)/t;7-/m.1/s1. The molecule has 7 heteroatoms. The van der Waals surface area contributed by atoms with Crippen molar-refractivity contribution in [3.8, 4) is 6.07 Å². The van der Waals surface area contributed by atoms with Crippen LogP contribution in [0.15, 0.2) is 48.5 Å².